The number of aryl methyl sites for hydroxylation is 2. The first kappa shape index (κ1) is 21.4. The average Bonchev–Trinajstić information content (AvgIpc) is 2.62. The molecule has 2 aromatic carbocycles. The van der Waals surface area contributed by atoms with Crippen molar-refractivity contribution in [3.8, 4) is 5.75 Å². The van der Waals surface area contributed by atoms with Crippen LogP contribution in [0, 0.1) is 19.8 Å². The summed E-state index contributed by atoms with van der Waals surface area (Å²) in [7, 11) is 0. The van der Waals surface area contributed by atoms with E-state index in [4.69, 9.17) is 17.0 Å². The van der Waals surface area contributed by atoms with E-state index in [9.17, 15) is 9.59 Å². The van der Waals surface area contributed by atoms with Crippen molar-refractivity contribution in [1.82, 2.24) is 5.32 Å². The number of carbonyl (C=O) groups is 2. The molecule has 0 aliphatic heterocycles. The molecule has 0 unspecified atom stereocenters. The molecular formula is C21H25N3O3S. The standard InChI is InChI=1S/C21H25N3O3S/c1-13(2)20(26)22-16-6-5-7-17(11-16)23-21(28)24-19(25)12-27-18-9-8-14(3)15(4)10-18/h5-11,13H,12H2,1-4H3,(H,22,26)(H2,23,24,25,28). The fourth-order valence-electron chi connectivity index (χ4n) is 2.24. The van der Waals surface area contributed by atoms with Crippen LogP contribution in [0.4, 0.5) is 11.4 Å². The van der Waals surface area contributed by atoms with Gasteiger partial charge in [-0.25, -0.2) is 0 Å². The van der Waals surface area contributed by atoms with Gasteiger partial charge >= 0.3 is 0 Å². The molecule has 0 spiro atoms. The molecule has 0 bridgehead atoms. The van der Waals surface area contributed by atoms with E-state index in [1.807, 2.05) is 45.9 Å². The summed E-state index contributed by atoms with van der Waals surface area (Å²) in [6.45, 7) is 7.50. The first-order chi connectivity index (χ1) is 13.2. The predicted octanol–water partition coefficient (Wildman–Crippen LogP) is 3.79. The van der Waals surface area contributed by atoms with Crippen molar-refractivity contribution >= 4 is 40.5 Å². The zero-order chi connectivity index (χ0) is 20.7. The van der Waals surface area contributed by atoms with Gasteiger partial charge in [-0.3, -0.25) is 14.9 Å². The number of rotatable bonds is 6. The van der Waals surface area contributed by atoms with Crippen LogP contribution in [0.1, 0.15) is 25.0 Å². The van der Waals surface area contributed by atoms with Gasteiger partial charge < -0.3 is 15.4 Å². The van der Waals surface area contributed by atoms with Crippen molar-refractivity contribution in [2.45, 2.75) is 27.7 Å². The topological polar surface area (TPSA) is 79.5 Å². The van der Waals surface area contributed by atoms with E-state index >= 15 is 0 Å². The van der Waals surface area contributed by atoms with Gasteiger partial charge in [0, 0.05) is 17.3 Å². The highest BCUT2D eigenvalue weighted by atomic mass is 32.1. The number of thiocarbonyl (C=S) groups is 1. The van der Waals surface area contributed by atoms with Crippen LogP contribution in [-0.2, 0) is 9.59 Å². The molecule has 0 radical (unpaired) electrons. The number of hydrogen-bond acceptors (Lipinski definition) is 4. The predicted molar refractivity (Wildman–Crippen MR) is 116 cm³/mol. The van der Waals surface area contributed by atoms with Gasteiger partial charge in [-0.2, -0.15) is 0 Å². The third-order valence-corrected chi connectivity index (χ3v) is 4.22. The number of ether oxygens (including phenoxy) is 1. The first-order valence-electron chi connectivity index (χ1n) is 8.96. The highest BCUT2D eigenvalue weighted by Crippen LogP contribution is 2.17. The summed E-state index contributed by atoms with van der Waals surface area (Å²) in [5.74, 6) is 0.0801. The fraction of sp³-hybridized carbons (Fsp3) is 0.286. The van der Waals surface area contributed by atoms with Crippen LogP contribution < -0.4 is 20.7 Å². The van der Waals surface area contributed by atoms with Gasteiger partial charge in [0.05, 0.1) is 0 Å². The summed E-state index contributed by atoms with van der Waals surface area (Å²) in [4.78, 5) is 23.8. The van der Waals surface area contributed by atoms with Gasteiger partial charge in [-0.1, -0.05) is 26.0 Å². The van der Waals surface area contributed by atoms with E-state index in [2.05, 4.69) is 16.0 Å². The summed E-state index contributed by atoms with van der Waals surface area (Å²) in [5.41, 5.74) is 3.56. The Hall–Kier alpha value is -2.93. The number of nitrogens with one attached hydrogen (secondary N) is 3. The Labute approximate surface area is 170 Å². The second kappa shape index (κ2) is 9.85. The monoisotopic (exact) mass is 399 g/mol. The molecule has 2 rings (SSSR count). The maximum absolute atomic E-state index is 12.0. The highest BCUT2D eigenvalue weighted by molar-refractivity contribution is 7.80. The Kier molecular flexibility index (Phi) is 7.52. The third-order valence-electron chi connectivity index (χ3n) is 4.01. The second-order valence-corrected chi connectivity index (χ2v) is 7.17. The minimum Gasteiger partial charge on any atom is -0.484 e. The van der Waals surface area contributed by atoms with Crippen molar-refractivity contribution < 1.29 is 14.3 Å². The van der Waals surface area contributed by atoms with Crippen molar-refractivity contribution in [3.05, 3.63) is 53.6 Å². The van der Waals surface area contributed by atoms with Crippen molar-refractivity contribution in [2.24, 2.45) is 5.92 Å². The summed E-state index contributed by atoms with van der Waals surface area (Å²) in [6, 6.07) is 12.7. The molecule has 0 aliphatic carbocycles. The second-order valence-electron chi connectivity index (χ2n) is 6.76. The van der Waals surface area contributed by atoms with E-state index in [0.717, 1.165) is 11.1 Å². The molecule has 0 aromatic heterocycles. The van der Waals surface area contributed by atoms with Crippen molar-refractivity contribution in [1.29, 1.82) is 0 Å². The van der Waals surface area contributed by atoms with E-state index in [-0.39, 0.29) is 29.5 Å². The lowest BCUT2D eigenvalue weighted by molar-refractivity contribution is -0.121. The smallest absolute Gasteiger partial charge is 0.264 e. The molecule has 0 fully saturated rings. The van der Waals surface area contributed by atoms with Gasteiger partial charge in [0.15, 0.2) is 11.7 Å². The van der Waals surface area contributed by atoms with Gasteiger partial charge in [0.1, 0.15) is 5.75 Å². The number of hydrogen-bond donors (Lipinski definition) is 3. The molecule has 6 nitrogen and oxygen atoms in total. The number of amides is 2. The normalized spacial score (nSPS) is 10.3. The number of carbonyl (C=O) groups excluding carboxylic acids is 2. The fourth-order valence-corrected chi connectivity index (χ4v) is 2.47. The van der Waals surface area contributed by atoms with Gasteiger partial charge in [0.2, 0.25) is 5.91 Å². The van der Waals surface area contributed by atoms with Gasteiger partial charge in [-0.15, -0.1) is 0 Å². The molecule has 0 atom stereocenters. The van der Waals surface area contributed by atoms with Crippen LogP contribution in [0.15, 0.2) is 42.5 Å². The van der Waals surface area contributed by atoms with Crippen LogP contribution in [0.25, 0.3) is 0 Å². The average molecular weight is 400 g/mol. The van der Waals surface area contributed by atoms with E-state index < -0.39 is 0 Å². The molecule has 2 aromatic rings. The molecule has 148 valence electrons. The summed E-state index contributed by atoms with van der Waals surface area (Å²) >= 11 is 5.17. The quantitative estimate of drug-likeness (QED) is 0.644. The molecule has 0 aliphatic rings. The molecule has 0 saturated carbocycles. The Morgan fingerprint density at radius 1 is 1.00 bits per heavy atom. The Balaban J connectivity index is 1.85. The van der Waals surface area contributed by atoms with Gasteiger partial charge in [-0.05, 0) is 67.5 Å². The molecule has 0 heterocycles. The van der Waals surface area contributed by atoms with Crippen molar-refractivity contribution in [2.75, 3.05) is 17.2 Å². The number of benzene rings is 2. The maximum atomic E-state index is 12.0. The summed E-state index contributed by atoms with van der Waals surface area (Å²) in [6.07, 6.45) is 0. The zero-order valence-electron chi connectivity index (χ0n) is 16.5. The van der Waals surface area contributed by atoms with Crippen molar-refractivity contribution in [3.63, 3.8) is 0 Å². The van der Waals surface area contributed by atoms with E-state index in [0.29, 0.717) is 17.1 Å². The SMILES string of the molecule is Cc1ccc(OCC(=O)NC(=S)Nc2cccc(NC(=O)C(C)C)c2)cc1C. The van der Waals surface area contributed by atoms with E-state index in [1.54, 1.807) is 24.3 Å². The lowest BCUT2D eigenvalue weighted by Crippen LogP contribution is -2.37. The van der Waals surface area contributed by atoms with E-state index in [1.165, 1.54) is 0 Å². The Bertz CT molecular complexity index is 881. The lowest BCUT2D eigenvalue weighted by atomic mass is 10.1. The minimum absolute atomic E-state index is 0.0727. The minimum atomic E-state index is -0.361. The molecule has 3 N–H and O–H groups in total. The highest BCUT2D eigenvalue weighted by Gasteiger charge is 2.09. The van der Waals surface area contributed by atoms with Crippen LogP contribution in [0.2, 0.25) is 0 Å². The first-order valence-corrected chi connectivity index (χ1v) is 9.37. The molecular weight excluding hydrogens is 374 g/mol. The number of anilines is 2. The molecule has 7 heteroatoms. The summed E-state index contributed by atoms with van der Waals surface area (Å²) in [5, 5.41) is 8.46. The molecule has 28 heavy (non-hydrogen) atoms. The molecule has 2 amide bonds. The van der Waals surface area contributed by atoms with Crippen LogP contribution in [0.3, 0.4) is 0 Å². The largest absolute Gasteiger partial charge is 0.484 e. The Morgan fingerprint density at radius 3 is 2.32 bits per heavy atom. The van der Waals surface area contributed by atoms with Gasteiger partial charge in [0.25, 0.3) is 5.91 Å². The zero-order valence-corrected chi connectivity index (χ0v) is 17.3. The Morgan fingerprint density at radius 2 is 1.68 bits per heavy atom. The van der Waals surface area contributed by atoms with Crippen LogP contribution in [-0.4, -0.2) is 23.5 Å². The van der Waals surface area contributed by atoms with Crippen LogP contribution in [0.5, 0.6) is 5.75 Å². The van der Waals surface area contributed by atoms with Crippen LogP contribution >= 0.6 is 12.2 Å². The molecule has 0 saturated heterocycles. The summed E-state index contributed by atoms with van der Waals surface area (Å²) < 4.78 is 5.49. The lowest BCUT2D eigenvalue weighted by Gasteiger charge is -2.13. The maximum Gasteiger partial charge on any atom is 0.264 e. The third kappa shape index (κ3) is 6.66.